The molecule has 4 rings (SSSR count). The lowest BCUT2D eigenvalue weighted by Crippen LogP contribution is -2.37. The molecule has 2 aliphatic heterocycles. The van der Waals surface area contributed by atoms with Crippen LogP contribution in [0, 0.1) is 0 Å². The Morgan fingerprint density at radius 3 is 2.50 bits per heavy atom. The van der Waals surface area contributed by atoms with E-state index in [1.54, 1.807) is 0 Å². The Hall–Kier alpha value is -2.79. The summed E-state index contributed by atoms with van der Waals surface area (Å²) >= 11 is 0. The van der Waals surface area contributed by atoms with Crippen molar-refractivity contribution >= 4 is 17.5 Å². The molecule has 0 saturated carbocycles. The molecule has 0 aliphatic carbocycles. The second-order valence-electron chi connectivity index (χ2n) is 6.26. The molecule has 9 nitrogen and oxygen atoms in total. The van der Waals surface area contributed by atoms with Crippen LogP contribution >= 0.6 is 0 Å². The Morgan fingerprint density at radius 1 is 1.00 bits per heavy atom. The van der Waals surface area contributed by atoms with Gasteiger partial charge in [0.05, 0.1) is 32.0 Å². The van der Waals surface area contributed by atoms with Crippen molar-refractivity contribution in [3.05, 3.63) is 23.8 Å². The predicted molar refractivity (Wildman–Crippen MR) is 96.7 cm³/mol. The molecular formula is C17H19F2N7O2. The average Bonchev–Trinajstić information content (AvgIpc) is 2.74. The van der Waals surface area contributed by atoms with Crippen molar-refractivity contribution in [2.45, 2.75) is 12.8 Å². The molecule has 4 heterocycles. The highest BCUT2D eigenvalue weighted by Gasteiger charge is 2.24. The van der Waals surface area contributed by atoms with E-state index in [4.69, 9.17) is 15.2 Å². The molecule has 2 aromatic heterocycles. The first kappa shape index (κ1) is 18.6. The van der Waals surface area contributed by atoms with Crippen LogP contribution in [0.4, 0.5) is 20.7 Å². The van der Waals surface area contributed by atoms with E-state index in [0.717, 1.165) is 5.57 Å². The Bertz CT molecular complexity index is 888. The zero-order valence-corrected chi connectivity index (χ0v) is 15.0. The summed E-state index contributed by atoms with van der Waals surface area (Å²) in [6, 6.07) is 0. The van der Waals surface area contributed by atoms with Crippen molar-refractivity contribution in [2.75, 3.05) is 50.2 Å². The van der Waals surface area contributed by atoms with Crippen LogP contribution in [0.3, 0.4) is 0 Å². The molecule has 0 atom stereocenters. The Labute approximate surface area is 159 Å². The zero-order chi connectivity index (χ0) is 19.5. The fraction of sp³-hybridized carbons (Fsp3) is 0.471. The molecule has 28 heavy (non-hydrogen) atoms. The van der Waals surface area contributed by atoms with Gasteiger partial charge in [0.15, 0.2) is 11.6 Å². The highest BCUT2D eigenvalue weighted by Crippen LogP contribution is 2.30. The summed E-state index contributed by atoms with van der Waals surface area (Å²) < 4.78 is 37.8. The fourth-order valence-corrected chi connectivity index (χ4v) is 3.01. The number of anilines is 2. The minimum Gasteiger partial charge on any atom is -0.378 e. The number of alkyl halides is 2. The summed E-state index contributed by atoms with van der Waals surface area (Å²) in [5.74, 6) is 0.711. The maximum Gasteiger partial charge on any atom is 0.281 e. The second kappa shape index (κ2) is 8.07. The van der Waals surface area contributed by atoms with Crippen molar-refractivity contribution in [3.63, 3.8) is 0 Å². The lowest BCUT2D eigenvalue weighted by Gasteiger charge is -2.27. The SMILES string of the molecule is Nc1ncc(-c2nc(C3=CCOCC3)nc(N3CCOCC3)n2)c(C(F)F)n1. The van der Waals surface area contributed by atoms with Gasteiger partial charge in [-0.1, -0.05) is 6.08 Å². The van der Waals surface area contributed by atoms with Crippen LogP contribution in [0.1, 0.15) is 24.4 Å². The number of rotatable bonds is 4. The van der Waals surface area contributed by atoms with Crippen LogP contribution < -0.4 is 10.6 Å². The molecule has 0 unspecified atom stereocenters. The van der Waals surface area contributed by atoms with Crippen LogP contribution in [-0.2, 0) is 9.47 Å². The Morgan fingerprint density at radius 2 is 1.79 bits per heavy atom. The van der Waals surface area contributed by atoms with Gasteiger partial charge in [0.1, 0.15) is 5.69 Å². The van der Waals surface area contributed by atoms with Crippen molar-refractivity contribution in [1.82, 2.24) is 24.9 Å². The fourth-order valence-electron chi connectivity index (χ4n) is 3.01. The van der Waals surface area contributed by atoms with Gasteiger partial charge in [-0.25, -0.2) is 23.7 Å². The molecular weight excluding hydrogens is 372 g/mol. The van der Waals surface area contributed by atoms with E-state index in [0.29, 0.717) is 57.7 Å². The molecule has 1 saturated heterocycles. The molecule has 0 radical (unpaired) electrons. The molecule has 0 bridgehead atoms. The van der Waals surface area contributed by atoms with Crippen LogP contribution in [-0.4, -0.2) is 64.4 Å². The standard InChI is InChI=1S/C17H19F2N7O2/c18-13(19)12-11(9-21-16(20)22-12)15-23-14(10-1-5-27-6-2-10)24-17(25-15)26-3-7-28-8-4-26/h1,9,13H,2-8H2,(H2,20,21,22). The second-order valence-corrected chi connectivity index (χ2v) is 6.26. The highest BCUT2D eigenvalue weighted by molar-refractivity contribution is 5.66. The normalized spacial score (nSPS) is 17.7. The van der Waals surface area contributed by atoms with E-state index in [2.05, 4.69) is 24.9 Å². The van der Waals surface area contributed by atoms with Crippen molar-refractivity contribution in [1.29, 1.82) is 0 Å². The van der Waals surface area contributed by atoms with Crippen LogP contribution in [0.2, 0.25) is 0 Å². The van der Waals surface area contributed by atoms with Crippen molar-refractivity contribution in [3.8, 4) is 11.4 Å². The van der Waals surface area contributed by atoms with Crippen molar-refractivity contribution < 1.29 is 18.3 Å². The molecule has 2 aromatic rings. The number of nitrogens with zero attached hydrogens (tertiary/aromatic N) is 6. The number of nitrogens with two attached hydrogens (primary N) is 1. The van der Waals surface area contributed by atoms with Crippen LogP contribution in [0.15, 0.2) is 12.3 Å². The van der Waals surface area contributed by atoms with E-state index in [-0.39, 0.29) is 17.3 Å². The number of halogens is 2. The quantitative estimate of drug-likeness (QED) is 0.828. The summed E-state index contributed by atoms with van der Waals surface area (Å²) in [6.07, 6.45) is 0.907. The van der Waals surface area contributed by atoms with Gasteiger partial charge >= 0.3 is 0 Å². The maximum absolute atomic E-state index is 13.5. The van der Waals surface area contributed by atoms with E-state index in [1.165, 1.54) is 6.20 Å². The summed E-state index contributed by atoms with van der Waals surface area (Å²) in [4.78, 5) is 22.9. The van der Waals surface area contributed by atoms with E-state index >= 15 is 0 Å². The number of ether oxygens (including phenoxy) is 2. The first-order valence-electron chi connectivity index (χ1n) is 8.88. The highest BCUT2D eigenvalue weighted by atomic mass is 19.3. The number of nitrogen functional groups attached to an aromatic ring is 1. The van der Waals surface area contributed by atoms with Gasteiger partial charge < -0.3 is 20.1 Å². The topological polar surface area (TPSA) is 112 Å². The molecule has 148 valence electrons. The van der Waals surface area contributed by atoms with Crippen molar-refractivity contribution in [2.24, 2.45) is 0 Å². The van der Waals surface area contributed by atoms with Gasteiger partial charge in [-0.05, 0) is 12.0 Å². The monoisotopic (exact) mass is 391 g/mol. The van der Waals surface area contributed by atoms with Gasteiger partial charge in [0, 0.05) is 19.3 Å². The molecule has 0 aromatic carbocycles. The number of aromatic nitrogens is 5. The first-order valence-corrected chi connectivity index (χ1v) is 8.88. The Kier molecular flexibility index (Phi) is 5.35. The van der Waals surface area contributed by atoms with Gasteiger partial charge in [0.2, 0.25) is 11.9 Å². The summed E-state index contributed by atoms with van der Waals surface area (Å²) in [5, 5.41) is 0. The smallest absolute Gasteiger partial charge is 0.281 e. The largest absolute Gasteiger partial charge is 0.378 e. The summed E-state index contributed by atoms with van der Waals surface area (Å²) in [7, 11) is 0. The van der Waals surface area contributed by atoms with Crippen LogP contribution in [0.5, 0.6) is 0 Å². The first-order chi connectivity index (χ1) is 13.6. The number of hydrogen-bond acceptors (Lipinski definition) is 9. The molecule has 1 fully saturated rings. The third-order valence-corrected chi connectivity index (χ3v) is 4.45. The molecule has 2 N–H and O–H groups in total. The van der Waals surface area contributed by atoms with E-state index in [9.17, 15) is 8.78 Å². The summed E-state index contributed by atoms with van der Waals surface area (Å²) in [5.41, 5.74) is 5.91. The minimum atomic E-state index is -2.84. The zero-order valence-electron chi connectivity index (χ0n) is 15.0. The van der Waals surface area contributed by atoms with Gasteiger partial charge in [-0.2, -0.15) is 9.97 Å². The molecule has 0 spiro atoms. The predicted octanol–water partition coefficient (Wildman–Crippen LogP) is 1.49. The van der Waals surface area contributed by atoms with E-state index < -0.39 is 12.1 Å². The number of hydrogen-bond donors (Lipinski definition) is 1. The third-order valence-electron chi connectivity index (χ3n) is 4.45. The lowest BCUT2D eigenvalue weighted by atomic mass is 10.1. The summed E-state index contributed by atoms with van der Waals surface area (Å²) in [6.45, 7) is 3.29. The average molecular weight is 391 g/mol. The molecule has 0 amide bonds. The lowest BCUT2D eigenvalue weighted by molar-refractivity contribution is 0.122. The Balaban J connectivity index is 1.83. The number of morpholine rings is 1. The molecule has 11 heteroatoms. The van der Waals surface area contributed by atoms with Crippen LogP contribution in [0.25, 0.3) is 17.0 Å². The van der Waals surface area contributed by atoms with Gasteiger partial charge in [-0.3, -0.25) is 0 Å². The molecule has 2 aliphatic rings. The van der Waals surface area contributed by atoms with Gasteiger partial charge in [0.25, 0.3) is 6.43 Å². The van der Waals surface area contributed by atoms with Gasteiger partial charge in [-0.15, -0.1) is 0 Å². The maximum atomic E-state index is 13.5. The van der Waals surface area contributed by atoms with E-state index in [1.807, 2.05) is 11.0 Å². The minimum absolute atomic E-state index is 0.0371. The third kappa shape index (κ3) is 3.90.